The summed E-state index contributed by atoms with van der Waals surface area (Å²) in [6, 6.07) is 13.1. The van der Waals surface area contributed by atoms with E-state index >= 15 is 0 Å². The average molecular weight is 215 g/mol. The third-order valence-corrected chi connectivity index (χ3v) is 3.03. The molecule has 1 atom stereocenters. The fourth-order valence-electron chi connectivity index (χ4n) is 2.14. The fraction of sp³-hybridized carbons (Fsp3) is 0.462. The van der Waals surface area contributed by atoms with Crippen LogP contribution in [0.5, 0.6) is 0 Å². The van der Waals surface area contributed by atoms with E-state index in [0.29, 0.717) is 12.5 Å². The number of benzene rings is 1. The molecule has 0 bridgehead atoms. The SMILES string of the molecule is N#CC[C@@H]1CNCCN1Cc1ccccc1. The molecular weight excluding hydrogens is 198 g/mol. The van der Waals surface area contributed by atoms with E-state index in [0.717, 1.165) is 26.2 Å². The molecule has 0 unspecified atom stereocenters. The molecule has 1 aromatic rings. The molecule has 0 amide bonds. The Bertz CT molecular complexity index is 355. The van der Waals surface area contributed by atoms with Gasteiger partial charge in [-0.2, -0.15) is 5.26 Å². The monoisotopic (exact) mass is 215 g/mol. The Morgan fingerprint density at radius 1 is 1.38 bits per heavy atom. The van der Waals surface area contributed by atoms with E-state index in [1.165, 1.54) is 5.56 Å². The lowest BCUT2D eigenvalue weighted by molar-refractivity contribution is 0.155. The van der Waals surface area contributed by atoms with Crippen LogP contribution in [0.4, 0.5) is 0 Å². The van der Waals surface area contributed by atoms with Crippen molar-refractivity contribution in [1.82, 2.24) is 10.2 Å². The standard InChI is InChI=1S/C13H17N3/c14-7-6-13-10-15-8-9-16(13)11-12-4-2-1-3-5-12/h1-5,13,15H,6,8-11H2/t13-/m1/s1. The van der Waals surface area contributed by atoms with Crippen LogP contribution in [0.3, 0.4) is 0 Å². The molecule has 1 aliphatic rings. The molecule has 0 spiro atoms. The van der Waals surface area contributed by atoms with E-state index in [1.54, 1.807) is 0 Å². The zero-order valence-electron chi connectivity index (χ0n) is 9.39. The maximum Gasteiger partial charge on any atom is 0.0638 e. The number of nitriles is 1. The molecule has 84 valence electrons. The number of nitrogens with one attached hydrogen (secondary N) is 1. The lowest BCUT2D eigenvalue weighted by Crippen LogP contribution is -2.50. The van der Waals surface area contributed by atoms with Crippen molar-refractivity contribution >= 4 is 0 Å². The zero-order chi connectivity index (χ0) is 11.2. The maximum absolute atomic E-state index is 8.80. The van der Waals surface area contributed by atoms with Crippen LogP contribution in [-0.4, -0.2) is 30.6 Å². The molecule has 0 aliphatic carbocycles. The highest BCUT2D eigenvalue weighted by molar-refractivity contribution is 5.14. The van der Waals surface area contributed by atoms with Gasteiger partial charge in [0.25, 0.3) is 0 Å². The number of hydrogen-bond donors (Lipinski definition) is 1. The summed E-state index contributed by atoms with van der Waals surface area (Å²) >= 11 is 0. The van der Waals surface area contributed by atoms with Gasteiger partial charge in [-0.3, -0.25) is 4.90 Å². The Hall–Kier alpha value is -1.37. The highest BCUT2D eigenvalue weighted by Gasteiger charge is 2.21. The van der Waals surface area contributed by atoms with Crippen molar-refractivity contribution in [1.29, 1.82) is 5.26 Å². The molecule has 2 rings (SSSR count). The van der Waals surface area contributed by atoms with Crippen LogP contribution in [0.15, 0.2) is 30.3 Å². The molecule has 1 aliphatic heterocycles. The molecular formula is C13H17N3. The van der Waals surface area contributed by atoms with Gasteiger partial charge in [-0.05, 0) is 5.56 Å². The number of piperazine rings is 1. The maximum atomic E-state index is 8.80. The van der Waals surface area contributed by atoms with Gasteiger partial charge in [0.2, 0.25) is 0 Å². The Morgan fingerprint density at radius 2 is 2.19 bits per heavy atom. The molecule has 1 fully saturated rings. The molecule has 1 saturated heterocycles. The highest BCUT2D eigenvalue weighted by atomic mass is 15.2. The van der Waals surface area contributed by atoms with Crippen LogP contribution in [0.2, 0.25) is 0 Å². The average Bonchev–Trinajstić information content (AvgIpc) is 2.33. The third kappa shape index (κ3) is 2.82. The first kappa shape index (κ1) is 11.1. The van der Waals surface area contributed by atoms with Crippen LogP contribution in [0.25, 0.3) is 0 Å². The Morgan fingerprint density at radius 3 is 2.94 bits per heavy atom. The molecule has 0 radical (unpaired) electrons. The first-order chi connectivity index (χ1) is 7.90. The van der Waals surface area contributed by atoms with E-state index in [-0.39, 0.29) is 0 Å². The minimum Gasteiger partial charge on any atom is -0.314 e. The van der Waals surface area contributed by atoms with E-state index in [9.17, 15) is 0 Å². The van der Waals surface area contributed by atoms with Crippen LogP contribution < -0.4 is 5.32 Å². The lowest BCUT2D eigenvalue weighted by Gasteiger charge is -2.34. The van der Waals surface area contributed by atoms with Crippen molar-refractivity contribution in [3.8, 4) is 6.07 Å². The summed E-state index contributed by atoms with van der Waals surface area (Å²) in [6.07, 6.45) is 0.611. The van der Waals surface area contributed by atoms with Crippen molar-refractivity contribution < 1.29 is 0 Å². The van der Waals surface area contributed by atoms with Gasteiger partial charge >= 0.3 is 0 Å². The fourth-order valence-corrected chi connectivity index (χ4v) is 2.14. The highest BCUT2D eigenvalue weighted by Crippen LogP contribution is 2.12. The second-order valence-corrected chi connectivity index (χ2v) is 4.18. The summed E-state index contributed by atoms with van der Waals surface area (Å²) in [5.74, 6) is 0. The third-order valence-electron chi connectivity index (χ3n) is 3.03. The summed E-state index contributed by atoms with van der Waals surface area (Å²) in [5, 5.41) is 12.1. The second-order valence-electron chi connectivity index (χ2n) is 4.18. The lowest BCUT2D eigenvalue weighted by atomic mass is 10.1. The Kier molecular flexibility index (Phi) is 3.92. The molecule has 1 aromatic carbocycles. The van der Waals surface area contributed by atoms with Crippen LogP contribution >= 0.6 is 0 Å². The molecule has 1 heterocycles. The van der Waals surface area contributed by atoms with Gasteiger partial charge in [0.15, 0.2) is 0 Å². The smallest absolute Gasteiger partial charge is 0.0638 e. The molecule has 0 saturated carbocycles. The molecule has 3 heteroatoms. The summed E-state index contributed by atoms with van der Waals surface area (Å²) in [6.45, 7) is 3.94. The van der Waals surface area contributed by atoms with Crippen molar-refractivity contribution in [3.05, 3.63) is 35.9 Å². The summed E-state index contributed by atoms with van der Waals surface area (Å²) in [5.41, 5.74) is 1.33. The second kappa shape index (κ2) is 5.64. The zero-order valence-corrected chi connectivity index (χ0v) is 9.39. The first-order valence-electron chi connectivity index (χ1n) is 5.76. The minimum absolute atomic E-state index is 0.360. The number of nitrogens with zero attached hydrogens (tertiary/aromatic N) is 2. The van der Waals surface area contributed by atoms with Crippen molar-refractivity contribution in [2.45, 2.75) is 19.0 Å². The van der Waals surface area contributed by atoms with Crippen LogP contribution in [0, 0.1) is 11.3 Å². The van der Waals surface area contributed by atoms with Crippen LogP contribution in [0.1, 0.15) is 12.0 Å². The largest absolute Gasteiger partial charge is 0.314 e. The Balaban J connectivity index is 1.99. The predicted octanol–water partition coefficient (Wildman–Crippen LogP) is 1.37. The van der Waals surface area contributed by atoms with Gasteiger partial charge < -0.3 is 5.32 Å². The van der Waals surface area contributed by atoms with E-state index in [2.05, 4.69) is 40.6 Å². The number of hydrogen-bond acceptors (Lipinski definition) is 3. The molecule has 3 nitrogen and oxygen atoms in total. The molecule has 16 heavy (non-hydrogen) atoms. The summed E-state index contributed by atoms with van der Waals surface area (Å²) in [4.78, 5) is 2.40. The molecule has 0 aromatic heterocycles. The minimum atomic E-state index is 0.360. The quantitative estimate of drug-likeness (QED) is 0.827. The Labute approximate surface area is 96.7 Å². The van der Waals surface area contributed by atoms with Crippen molar-refractivity contribution in [2.24, 2.45) is 0 Å². The predicted molar refractivity (Wildman–Crippen MR) is 63.7 cm³/mol. The van der Waals surface area contributed by atoms with Crippen LogP contribution in [-0.2, 0) is 6.54 Å². The van der Waals surface area contributed by atoms with Gasteiger partial charge in [0, 0.05) is 32.2 Å². The van der Waals surface area contributed by atoms with Gasteiger partial charge in [-0.25, -0.2) is 0 Å². The molecule has 1 N–H and O–H groups in total. The van der Waals surface area contributed by atoms with E-state index in [1.807, 2.05) is 6.07 Å². The van der Waals surface area contributed by atoms with Gasteiger partial charge in [-0.15, -0.1) is 0 Å². The summed E-state index contributed by atoms with van der Waals surface area (Å²) in [7, 11) is 0. The summed E-state index contributed by atoms with van der Waals surface area (Å²) < 4.78 is 0. The van der Waals surface area contributed by atoms with Gasteiger partial charge in [-0.1, -0.05) is 30.3 Å². The van der Waals surface area contributed by atoms with E-state index in [4.69, 9.17) is 5.26 Å². The van der Waals surface area contributed by atoms with Crippen molar-refractivity contribution in [3.63, 3.8) is 0 Å². The van der Waals surface area contributed by atoms with Gasteiger partial charge in [0.1, 0.15) is 0 Å². The van der Waals surface area contributed by atoms with E-state index < -0.39 is 0 Å². The normalized spacial score (nSPS) is 21.6. The number of rotatable bonds is 3. The first-order valence-corrected chi connectivity index (χ1v) is 5.76. The van der Waals surface area contributed by atoms with Gasteiger partial charge in [0.05, 0.1) is 12.5 Å². The van der Waals surface area contributed by atoms with Crippen molar-refractivity contribution in [2.75, 3.05) is 19.6 Å². The topological polar surface area (TPSA) is 39.1 Å².